The van der Waals surface area contributed by atoms with Gasteiger partial charge in [-0.3, -0.25) is 4.68 Å². The predicted octanol–water partition coefficient (Wildman–Crippen LogP) is 2.29. The Bertz CT molecular complexity index is 639. The number of halogens is 2. The third-order valence-electron chi connectivity index (χ3n) is 3.63. The van der Waals surface area contributed by atoms with Crippen molar-refractivity contribution in [1.29, 1.82) is 0 Å². The molecule has 0 saturated heterocycles. The number of nitrogens with zero attached hydrogens (tertiary/aromatic N) is 3. The first kappa shape index (κ1) is 13.9. The highest BCUT2D eigenvalue weighted by atomic mass is 19.3. The Hall–Kier alpha value is -2.02. The lowest BCUT2D eigenvalue weighted by Gasteiger charge is -2.19. The molecule has 21 heavy (non-hydrogen) atoms. The maximum Gasteiger partial charge on any atom is 0.388 e. The van der Waals surface area contributed by atoms with E-state index in [0.29, 0.717) is 0 Å². The number of alkyl halides is 2. The largest absolute Gasteiger partial charge is 0.417 e. The summed E-state index contributed by atoms with van der Waals surface area (Å²) >= 11 is 0. The lowest BCUT2D eigenvalue weighted by Crippen LogP contribution is -2.27. The van der Waals surface area contributed by atoms with Gasteiger partial charge >= 0.3 is 6.61 Å². The van der Waals surface area contributed by atoms with Gasteiger partial charge in [-0.1, -0.05) is 0 Å². The van der Waals surface area contributed by atoms with Crippen LogP contribution in [0.1, 0.15) is 24.2 Å². The predicted molar refractivity (Wildman–Crippen MR) is 73.2 cm³/mol. The highest BCUT2D eigenvalue weighted by Crippen LogP contribution is 2.31. The Balaban J connectivity index is 1.97. The van der Waals surface area contributed by atoms with Gasteiger partial charge in [-0.05, 0) is 26.0 Å². The van der Waals surface area contributed by atoms with Crippen molar-refractivity contribution in [2.24, 2.45) is 7.05 Å². The van der Waals surface area contributed by atoms with Crippen molar-refractivity contribution in [2.45, 2.75) is 26.0 Å². The van der Waals surface area contributed by atoms with Crippen molar-refractivity contribution >= 4 is 0 Å². The van der Waals surface area contributed by atoms with Crippen molar-refractivity contribution < 1.29 is 13.5 Å². The molecular weight excluding hydrogens is 278 g/mol. The van der Waals surface area contributed by atoms with Crippen LogP contribution in [0, 0.1) is 0 Å². The molecule has 1 atom stereocenters. The van der Waals surface area contributed by atoms with E-state index in [0.717, 1.165) is 29.9 Å². The van der Waals surface area contributed by atoms with E-state index in [2.05, 4.69) is 27.1 Å². The summed E-state index contributed by atoms with van der Waals surface area (Å²) in [7, 11) is 1.88. The Morgan fingerprint density at radius 1 is 1.43 bits per heavy atom. The molecule has 2 aromatic rings. The Kier molecular flexibility index (Phi) is 3.59. The topological polar surface area (TPSA) is 52.0 Å². The van der Waals surface area contributed by atoms with Crippen molar-refractivity contribution in [3.8, 4) is 17.1 Å². The van der Waals surface area contributed by atoms with Crippen molar-refractivity contribution in [3.05, 3.63) is 29.6 Å². The minimum atomic E-state index is -2.86. The van der Waals surface area contributed by atoms with E-state index in [4.69, 9.17) is 0 Å². The Morgan fingerprint density at radius 3 is 2.90 bits per heavy atom. The fourth-order valence-electron chi connectivity index (χ4n) is 2.74. The van der Waals surface area contributed by atoms with Gasteiger partial charge in [-0.2, -0.15) is 13.9 Å². The lowest BCUT2D eigenvalue weighted by molar-refractivity contribution is -0.0528. The highest BCUT2D eigenvalue weighted by molar-refractivity contribution is 5.65. The molecule has 0 unspecified atom stereocenters. The number of aromatic nitrogens is 3. The molecule has 0 amide bonds. The Morgan fingerprint density at radius 2 is 2.24 bits per heavy atom. The summed E-state index contributed by atoms with van der Waals surface area (Å²) in [6.07, 6.45) is 2.43. The summed E-state index contributed by atoms with van der Waals surface area (Å²) in [5.74, 6) is -0.0835. The van der Waals surface area contributed by atoms with Crippen LogP contribution >= 0.6 is 0 Å². The summed E-state index contributed by atoms with van der Waals surface area (Å²) < 4.78 is 30.4. The van der Waals surface area contributed by atoms with Gasteiger partial charge in [-0.15, -0.1) is 0 Å². The molecule has 0 fully saturated rings. The molecule has 5 nitrogen and oxygen atoms in total. The van der Waals surface area contributed by atoms with Crippen LogP contribution in [0.5, 0.6) is 5.88 Å². The molecule has 1 N–H and O–H groups in total. The van der Waals surface area contributed by atoms with E-state index in [-0.39, 0.29) is 11.9 Å². The fourth-order valence-corrected chi connectivity index (χ4v) is 2.74. The third kappa shape index (κ3) is 2.61. The average molecular weight is 294 g/mol. The number of hydrogen-bond donors (Lipinski definition) is 1. The molecule has 2 aromatic heterocycles. The maximum absolute atomic E-state index is 12.1. The van der Waals surface area contributed by atoms with Crippen LogP contribution in [-0.2, 0) is 13.5 Å². The number of aryl methyl sites for hydroxylation is 1. The monoisotopic (exact) mass is 294 g/mol. The van der Waals surface area contributed by atoms with Gasteiger partial charge in [-0.25, -0.2) is 4.98 Å². The van der Waals surface area contributed by atoms with Crippen molar-refractivity contribution in [1.82, 2.24) is 20.1 Å². The second kappa shape index (κ2) is 5.40. The van der Waals surface area contributed by atoms with E-state index < -0.39 is 6.61 Å². The van der Waals surface area contributed by atoms with Gasteiger partial charge in [0.25, 0.3) is 0 Å². The summed E-state index contributed by atoms with van der Waals surface area (Å²) in [6, 6.07) is 3.39. The summed E-state index contributed by atoms with van der Waals surface area (Å²) in [5, 5.41) is 7.92. The van der Waals surface area contributed by atoms with E-state index >= 15 is 0 Å². The quantitative estimate of drug-likeness (QED) is 0.943. The van der Waals surface area contributed by atoms with E-state index in [1.54, 1.807) is 12.3 Å². The van der Waals surface area contributed by atoms with E-state index in [9.17, 15) is 8.78 Å². The van der Waals surface area contributed by atoms with Crippen LogP contribution < -0.4 is 10.1 Å². The average Bonchev–Trinajstić information content (AvgIpc) is 2.77. The molecule has 0 bridgehead atoms. The molecule has 1 aliphatic heterocycles. The Labute approximate surface area is 120 Å². The molecule has 0 spiro atoms. The van der Waals surface area contributed by atoms with Gasteiger partial charge in [0.15, 0.2) is 0 Å². The zero-order valence-corrected chi connectivity index (χ0v) is 11.8. The maximum atomic E-state index is 12.1. The van der Waals surface area contributed by atoms with Crippen LogP contribution in [0.15, 0.2) is 18.3 Å². The standard InChI is InChI=1S/C14H16F2N4O/c1-8-12-10(5-6-17-8)13(20(2)19-12)9-3-4-11(18-7-9)21-14(15)16/h3-4,7-8,14,17H,5-6H2,1-2H3/t8-/m0/s1. The first-order valence-corrected chi connectivity index (χ1v) is 6.76. The van der Waals surface area contributed by atoms with Crippen LogP contribution in [-0.4, -0.2) is 27.9 Å². The highest BCUT2D eigenvalue weighted by Gasteiger charge is 2.24. The zero-order chi connectivity index (χ0) is 15.0. The zero-order valence-electron chi connectivity index (χ0n) is 11.8. The molecule has 0 aliphatic carbocycles. The van der Waals surface area contributed by atoms with Gasteiger partial charge in [0.1, 0.15) is 0 Å². The molecule has 0 saturated carbocycles. The molecule has 7 heteroatoms. The second-order valence-corrected chi connectivity index (χ2v) is 5.03. The van der Waals surface area contributed by atoms with Gasteiger partial charge in [0.2, 0.25) is 5.88 Å². The minimum Gasteiger partial charge on any atom is -0.417 e. The molecule has 3 rings (SSSR count). The summed E-state index contributed by atoms with van der Waals surface area (Å²) in [5.41, 5.74) is 4.05. The summed E-state index contributed by atoms with van der Waals surface area (Å²) in [4.78, 5) is 3.92. The summed E-state index contributed by atoms with van der Waals surface area (Å²) in [6.45, 7) is 0.110. The molecule has 112 valence electrons. The van der Waals surface area contributed by atoms with Crippen molar-refractivity contribution in [3.63, 3.8) is 0 Å². The third-order valence-corrected chi connectivity index (χ3v) is 3.63. The number of ether oxygens (including phenoxy) is 1. The van der Waals surface area contributed by atoms with Gasteiger partial charge in [0.05, 0.1) is 11.4 Å². The number of nitrogens with one attached hydrogen (secondary N) is 1. The van der Waals surface area contributed by atoms with Crippen LogP contribution in [0.4, 0.5) is 8.78 Å². The van der Waals surface area contributed by atoms with E-state index in [1.807, 2.05) is 11.7 Å². The first-order chi connectivity index (χ1) is 10.1. The lowest BCUT2D eigenvalue weighted by atomic mass is 9.98. The van der Waals surface area contributed by atoms with Crippen molar-refractivity contribution in [2.75, 3.05) is 6.54 Å². The fraction of sp³-hybridized carbons (Fsp3) is 0.429. The van der Waals surface area contributed by atoms with Crippen LogP contribution in [0.3, 0.4) is 0 Å². The van der Waals surface area contributed by atoms with Crippen LogP contribution in [0.25, 0.3) is 11.3 Å². The van der Waals surface area contributed by atoms with Gasteiger partial charge in [0, 0.05) is 36.5 Å². The number of pyridine rings is 1. The van der Waals surface area contributed by atoms with E-state index in [1.165, 1.54) is 11.6 Å². The number of hydrogen-bond acceptors (Lipinski definition) is 4. The smallest absolute Gasteiger partial charge is 0.388 e. The minimum absolute atomic E-state index is 0.0835. The molecule has 0 aromatic carbocycles. The molecule has 1 aliphatic rings. The molecule has 3 heterocycles. The number of fused-ring (bicyclic) bond motifs is 1. The normalized spacial score (nSPS) is 17.9. The first-order valence-electron chi connectivity index (χ1n) is 6.76. The number of rotatable bonds is 3. The molecule has 0 radical (unpaired) electrons. The second-order valence-electron chi connectivity index (χ2n) is 5.03. The van der Waals surface area contributed by atoms with Crippen LogP contribution in [0.2, 0.25) is 0 Å². The SMILES string of the molecule is C[C@@H]1NCCc2c1nn(C)c2-c1ccc(OC(F)F)nc1. The molecular formula is C14H16F2N4O. The van der Waals surface area contributed by atoms with Gasteiger partial charge < -0.3 is 10.1 Å².